The van der Waals surface area contributed by atoms with Gasteiger partial charge >= 0.3 is 6.03 Å². The van der Waals surface area contributed by atoms with Gasteiger partial charge in [-0.1, -0.05) is 30.0 Å². The number of pyridine rings is 1. The Morgan fingerprint density at radius 1 is 1.12 bits per heavy atom. The van der Waals surface area contributed by atoms with Crippen LogP contribution in [-0.2, 0) is 0 Å². The lowest BCUT2D eigenvalue weighted by molar-refractivity contribution is 0.102. The molecule has 0 aliphatic rings. The van der Waals surface area contributed by atoms with Crippen molar-refractivity contribution >= 4 is 40.2 Å². The number of anilines is 1. The van der Waals surface area contributed by atoms with Crippen LogP contribution in [0.15, 0.2) is 59.6 Å². The fourth-order valence-electron chi connectivity index (χ4n) is 2.50. The second-order valence-corrected chi connectivity index (χ2v) is 6.57. The highest BCUT2D eigenvalue weighted by atomic mass is 32.2. The lowest BCUT2D eigenvalue weighted by Crippen LogP contribution is -2.19. The molecule has 1 aromatic heterocycles. The van der Waals surface area contributed by atoms with Crippen LogP contribution < -0.4 is 11.1 Å². The van der Waals surface area contributed by atoms with Crippen molar-refractivity contribution in [2.24, 2.45) is 5.73 Å². The van der Waals surface area contributed by atoms with Gasteiger partial charge < -0.3 is 11.1 Å². The van der Waals surface area contributed by atoms with E-state index in [1.807, 2.05) is 37.3 Å². The minimum absolute atomic E-state index is 0.00300. The summed E-state index contributed by atoms with van der Waals surface area (Å²) in [5.41, 5.74) is 8.27. The second kappa shape index (κ2) is 7.36. The quantitative estimate of drug-likeness (QED) is 0.537. The molecule has 0 unspecified atom stereocenters. The number of fused-ring (bicyclic) bond motifs is 1. The number of ketones is 1. The summed E-state index contributed by atoms with van der Waals surface area (Å²) in [6, 6.07) is 16.0. The summed E-state index contributed by atoms with van der Waals surface area (Å²) in [5, 5.41) is 4.42. The van der Waals surface area contributed by atoms with Crippen molar-refractivity contribution in [2.45, 2.75) is 11.9 Å². The van der Waals surface area contributed by atoms with Crippen LogP contribution in [0.4, 0.5) is 10.5 Å². The number of nitrogens with two attached hydrogens (primary N) is 1. The van der Waals surface area contributed by atoms with Crippen molar-refractivity contribution in [3.63, 3.8) is 0 Å². The summed E-state index contributed by atoms with van der Waals surface area (Å²) in [6.45, 7) is 2.04. The maximum Gasteiger partial charge on any atom is 0.316 e. The number of hydrogen-bond acceptors (Lipinski definition) is 4. The molecule has 126 valence electrons. The lowest BCUT2D eigenvalue weighted by Gasteiger charge is -2.06. The Hall–Kier alpha value is -2.86. The second-order valence-electron chi connectivity index (χ2n) is 5.57. The molecule has 6 heteroatoms. The summed E-state index contributed by atoms with van der Waals surface area (Å²) in [4.78, 5) is 27.7. The summed E-state index contributed by atoms with van der Waals surface area (Å²) in [6.07, 6.45) is 0. The number of para-hydroxylation sites is 1. The zero-order chi connectivity index (χ0) is 17.8. The molecule has 3 aromatic rings. The fraction of sp³-hybridized carbons (Fsp3) is 0.105. The topological polar surface area (TPSA) is 85.1 Å². The Bertz CT molecular complexity index is 939. The van der Waals surface area contributed by atoms with E-state index in [0.717, 1.165) is 21.5 Å². The molecule has 0 aliphatic heterocycles. The number of rotatable bonds is 5. The Labute approximate surface area is 149 Å². The molecular formula is C19H17N3O2S. The first-order valence-corrected chi connectivity index (χ1v) is 8.70. The number of nitrogens with one attached hydrogen (secondary N) is 1. The van der Waals surface area contributed by atoms with E-state index < -0.39 is 6.03 Å². The van der Waals surface area contributed by atoms with Gasteiger partial charge in [-0.25, -0.2) is 9.78 Å². The SMILES string of the molecule is Cc1cc(SCC(=O)c2ccc(NC(N)=O)cc2)nc2ccccc12. The van der Waals surface area contributed by atoms with Crippen LogP contribution in [-0.4, -0.2) is 22.6 Å². The fourth-order valence-corrected chi connectivity index (χ4v) is 3.37. The van der Waals surface area contributed by atoms with Crippen LogP contribution in [0.5, 0.6) is 0 Å². The maximum absolute atomic E-state index is 12.3. The highest BCUT2D eigenvalue weighted by molar-refractivity contribution is 7.99. The zero-order valence-electron chi connectivity index (χ0n) is 13.7. The summed E-state index contributed by atoms with van der Waals surface area (Å²) in [7, 11) is 0. The van der Waals surface area contributed by atoms with E-state index in [0.29, 0.717) is 17.0 Å². The Kier molecular flexibility index (Phi) is 5.00. The van der Waals surface area contributed by atoms with Gasteiger partial charge in [0.05, 0.1) is 16.3 Å². The molecule has 0 spiro atoms. The molecular weight excluding hydrogens is 334 g/mol. The first-order chi connectivity index (χ1) is 12.0. The maximum atomic E-state index is 12.3. The van der Waals surface area contributed by atoms with Crippen molar-refractivity contribution in [3.8, 4) is 0 Å². The number of benzene rings is 2. The van der Waals surface area contributed by atoms with E-state index in [-0.39, 0.29) is 5.78 Å². The highest BCUT2D eigenvalue weighted by Crippen LogP contribution is 2.24. The number of amides is 2. The van der Waals surface area contributed by atoms with Gasteiger partial charge in [0.2, 0.25) is 0 Å². The third-order valence-corrected chi connectivity index (χ3v) is 4.64. The third kappa shape index (κ3) is 4.16. The number of hydrogen-bond donors (Lipinski definition) is 2. The van der Waals surface area contributed by atoms with E-state index >= 15 is 0 Å². The molecule has 1 heterocycles. The molecule has 5 nitrogen and oxygen atoms in total. The average molecular weight is 351 g/mol. The summed E-state index contributed by atoms with van der Waals surface area (Å²) in [5.74, 6) is 0.302. The number of urea groups is 1. The van der Waals surface area contributed by atoms with Gasteiger partial charge in [-0.2, -0.15) is 0 Å². The van der Waals surface area contributed by atoms with Crippen LogP contribution in [0, 0.1) is 6.92 Å². The minimum atomic E-state index is -0.632. The van der Waals surface area contributed by atoms with Crippen LogP contribution in [0.2, 0.25) is 0 Å². The largest absolute Gasteiger partial charge is 0.351 e. The Morgan fingerprint density at radius 3 is 2.56 bits per heavy atom. The number of aromatic nitrogens is 1. The number of Topliss-reactive ketones (excluding diaryl/α,β-unsaturated/α-hetero) is 1. The molecule has 0 atom stereocenters. The normalized spacial score (nSPS) is 10.6. The highest BCUT2D eigenvalue weighted by Gasteiger charge is 2.09. The van der Waals surface area contributed by atoms with Crippen molar-refractivity contribution in [3.05, 3.63) is 65.7 Å². The predicted octanol–water partition coefficient (Wildman–Crippen LogP) is 4.01. The standard InChI is InChI=1S/C19H17N3O2S/c1-12-10-18(22-16-5-3-2-4-15(12)16)25-11-17(23)13-6-8-14(9-7-13)21-19(20)24/h2-10H,11H2,1H3,(H3,20,21,24). The number of nitrogens with zero attached hydrogens (tertiary/aromatic N) is 1. The van der Waals surface area contributed by atoms with E-state index in [1.54, 1.807) is 24.3 Å². The molecule has 0 saturated carbocycles. The molecule has 2 amide bonds. The van der Waals surface area contributed by atoms with Crippen LogP contribution >= 0.6 is 11.8 Å². The monoisotopic (exact) mass is 351 g/mol. The first-order valence-electron chi connectivity index (χ1n) is 7.72. The lowest BCUT2D eigenvalue weighted by atomic mass is 10.1. The minimum Gasteiger partial charge on any atom is -0.351 e. The van der Waals surface area contributed by atoms with Gasteiger partial charge in [0.25, 0.3) is 0 Å². The Balaban J connectivity index is 1.69. The van der Waals surface area contributed by atoms with E-state index in [4.69, 9.17) is 5.73 Å². The number of primary amides is 1. The van der Waals surface area contributed by atoms with E-state index in [9.17, 15) is 9.59 Å². The van der Waals surface area contributed by atoms with Crippen molar-refractivity contribution in [1.29, 1.82) is 0 Å². The van der Waals surface area contributed by atoms with Crippen LogP contribution in [0.3, 0.4) is 0 Å². The molecule has 3 rings (SSSR count). The van der Waals surface area contributed by atoms with Gasteiger partial charge in [0, 0.05) is 16.6 Å². The van der Waals surface area contributed by atoms with Crippen LogP contribution in [0.25, 0.3) is 10.9 Å². The molecule has 3 N–H and O–H groups in total. The van der Waals surface area contributed by atoms with E-state index in [1.165, 1.54) is 11.8 Å². The number of aryl methyl sites for hydroxylation is 1. The summed E-state index contributed by atoms with van der Waals surface area (Å²) < 4.78 is 0. The molecule has 0 fully saturated rings. The predicted molar refractivity (Wildman–Crippen MR) is 101 cm³/mol. The van der Waals surface area contributed by atoms with Gasteiger partial charge in [-0.15, -0.1) is 0 Å². The number of carbonyl (C=O) groups is 2. The molecule has 0 saturated heterocycles. The zero-order valence-corrected chi connectivity index (χ0v) is 14.5. The van der Waals surface area contributed by atoms with E-state index in [2.05, 4.69) is 10.3 Å². The van der Waals surface area contributed by atoms with Gasteiger partial charge in [-0.3, -0.25) is 4.79 Å². The first kappa shape index (κ1) is 17.0. The molecule has 0 bridgehead atoms. The van der Waals surface area contributed by atoms with Crippen molar-refractivity contribution in [2.75, 3.05) is 11.1 Å². The molecule has 2 aromatic carbocycles. The smallest absolute Gasteiger partial charge is 0.316 e. The summed E-state index contributed by atoms with van der Waals surface area (Å²) >= 11 is 1.42. The number of carbonyl (C=O) groups excluding carboxylic acids is 2. The van der Waals surface area contributed by atoms with Crippen molar-refractivity contribution in [1.82, 2.24) is 4.98 Å². The average Bonchev–Trinajstić information content (AvgIpc) is 2.60. The van der Waals surface area contributed by atoms with Gasteiger partial charge in [0.1, 0.15) is 0 Å². The number of thioether (sulfide) groups is 1. The van der Waals surface area contributed by atoms with Crippen LogP contribution in [0.1, 0.15) is 15.9 Å². The molecule has 25 heavy (non-hydrogen) atoms. The van der Waals surface area contributed by atoms with Crippen molar-refractivity contribution < 1.29 is 9.59 Å². The van der Waals surface area contributed by atoms with Gasteiger partial charge in [-0.05, 0) is 48.9 Å². The molecule has 0 aliphatic carbocycles. The molecule has 0 radical (unpaired) electrons. The van der Waals surface area contributed by atoms with Gasteiger partial charge in [0.15, 0.2) is 5.78 Å². The third-order valence-electron chi connectivity index (χ3n) is 3.73. The Morgan fingerprint density at radius 2 is 1.84 bits per heavy atom.